The van der Waals surface area contributed by atoms with Gasteiger partial charge in [-0.1, -0.05) is 18.2 Å². The smallest absolute Gasteiger partial charge is 0.288 e. The number of fused-ring (bicyclic) bond motifs is 1. The van der Waals surface area contributed by atoms with Crippen molar-refractivity contribution in [2.24, 2.45) is 0 Å². The minimum absolute atomic E-state index is 0.346. The minimum Gasteiger partial charge on any atom is -0.288 e. The number of nitrogens with one attached hydrogen (secondary N) is 2. The summed E-state index contributed by atoms with van der Waals surface area (Å²) >= 11 is 3.42. The largest absolute Gasteiger partial charge is 0.340 e. The molecule has 2 heterocycles. The highest BCUT2D eigenvalue weighted by molar-refractivity contribution is 9.10. The second-order valence-electron chi connectivity index (χ2n) is 3.54. The predicted molar refractivity (Wildman–Crippen MR) is 67.6 cm³/mol. The Hall–Kier alpha value is -1.95. The van der Waals surface area contributed by atoms with E-state index in [0.717, 1.165) is 15.4 Å². The molecule has 3 aromatic rings. The lowest BCUT2D eigenvalue weighted by Crippen LogP contribution is -2.00. The van der Waals surface area contributed by atoms with Crippen LogP contribution < -0.4 is 5.69 Å². The van der Waals surface area contributed by atoms with Crippen LogP contribution in [0.5, 0.6) is 0 Å². The highest BCUT2D eigenvalue weighted by atomic mass is 79.9. The van der Waals surface area contributed by atoms with Gasteiger partial charge in [0, 0.05) is 9.86 Å². The van der Waals surface area contributed by atoms with Crippen molar-refractivity contribution in [3.05, 3.63) is 45.3 Å². The molecular formula is C11H7BrN4O. The molecule has 0 radical (unpaired) electrons. The summed E-state index contributed by atoms with van der Waals surface area (Å²) in [6.45, 7) is 0. The molecule has 0 aliphatic heterocycles. The molecule has 0 spiro atoms. The van der Waals surface area contributed by atoms with Gasteiger partial charge in [0.25, 0.3) is 0 Å². The van der Waals surface area contributed by atoms with Gasteiger partial charge in [0.2, 0.25) is 0 Å². The van der Waals surface area contributed by atoms with Gasteiger partial charge in [0.15, 0.2) is 5.82 Å². The van der Waals surface area contributed by atoms with Crippen LogP contribution >= 0.6 is 15.9 Å². The van der Waals surface area contributed by atoms with Gasteiger partial charge in [-0.05, 0) is 28.1 Å². The molecule has 0 atom stereocenters. The molecule has 2 aromatic heterocycles. The first-order valence-electron chi connectivity index (χ1n) is 4.94. The van der Waals surface area contributed by atoms with Crippen LogP contribution in [0.3, 0.4) is 0 Å². The third-order valence-electron chi connectivity index (χ3n) is 2.40. The third-order valence-corrected chi connectivity index (χ3v) is 3.01. The summed E-state index contributed by atoms with van der Waals surface area (Å²) in [6, 6.07) is 9.71. The Balaban J connectivity index is 2.29. The number of hydrogen-bond acceptors (Lipinski definition) is 3. The first-order valence-corrected chi connectivity index (χ1v) is 5.74. The molecule has 0 aliphatic rings. The van der Waals surface area contributed by atoms with Crippen LogP contribution in [0, 0.1) is 0 Å². The minimum atomic E-state index is -0.346. The molecule has 0 unspecified atom stereocenters. The summed E-state index contributed by atoms with van der Waals surface area (Å²) in [5.74, 6) is 0.424. The van der Waals surface area contributed by atoms with Crippen molar-refractivity contribution in [2.75, 3.05) is 0 Å². The molecule has 3 rings (SSSR count). The van der Waals surface area contributed by atoms with E-state index in [1.165, 1.54) is 0 Å². The Kier molecular flexibility index (Phi) is 2.29. The average molecular weight is 291 g/mol. The van der Waals surface area contributed by atoms with Crippen LogP contribution in [0.1, 0.15) is 0 Å². The van der Waals surface area contributed by atoms with E-state index in [1.54, 1.807) is 0 Å². The number of para-hydroxylation sites is 1. The number of pyridine rings is 1. The second-order valence-corrected chi connectivity index (χ2v) is 4.39. The number of nitrogens with zero attached hydrogens (tertiary/aromatic N) is 2. The van der Waals surface area contributed by atoms with Crippen molar-refractivity contribution in [1.82, 2.24) is 20.2 Å². The fraction of sp³-hybridized carbons (Fsp3) is 0. The molecule has 0 amide bonds. The van der Waals surface area contributed by atoms with Crippen LogP contribution in [0.25, 0.3) is 22.4 Å². The maximum Gasteiger partial charge on any atom is 0.340 e. The quantitative estimate of drug-likeness (QED) is 0.720. The number of hydrogen-bond donors (Lipinski definition) is 2. The van der Waals surface area contributed by atoms with E-state index in [2.05, 4.69) is 36.1 Å². The van der Waals surface area contributed by atoms with Crippen molar-refractivity contribution in [3.63, 3.8) is 0 Å². The number of H-pyrrole nitrogens is 2. The lowest BCUT2D eigenvalue weighted by atomic mass is 10.2. The van der Waals surface area contributed by atoms with E-state index in [4.69, 9.17) is 0 Å². The monoisotopic (exact) mass is 290 g/mol. The first kappa shape index (κ1) is 10.2. The van der Waals surface area contributed by atoms with Crippen molar-refractivity contribution >= 4 is 26.8 Å². The number of rotatable bonds is 1. The zero-order valence-electron chi connectivity index (χ0n) is 8.57. The number of benzene rings is 1. The maximum atomic E-state index is 11.0. The summed E-state index contributed by atoms with van der Waals surface area (Å²) in [6.07, 6.45) is 0. The van der Waals surface area contributed by atoms with E-state index in [0.29, 0.717) is 11.5 Å². The first-order chi connectivity index (χ1) is 8.24. The number of aromatic amines is 2. The lowest BCUT2D eigenvalue weighted by molar-refractivity contribution is 1.05. The van der Waals surface area contributed by atoms with Gasteiger partial charge in [0.05, 0.1) is 5.52 Å². The Bertz CT molecular complexity index is 746. The molecule has 0 saturated carbocycles. The number of halogens is 1. The molecule has 0 bridgehead atoms. The second kappa shape index (κ2) is 3.81. The Morgan fingerprint density at radius 2 is 2.06 bits per heavy atom. The molecule has 2 N–H and O–H groups in total. The summed E-state index contributed by atoms with van der Waals surface area (Å²) in [5, 5.41) is 7.22. The molecule has 17 heavy (non-hydrogen) atoms. The van der Waals surface area contributed by atoms with Gasteiger partial charge in [-0.3, -0.25) is 4.98 Å². The third kappa shape index (κ3) is 1.76. The molecular weight excluding hydrogens is 284 g/mol. The Morgan fingerprint density at radius 3 is 2.82 bits per heavy atom. The number of aromatic nitrogens is 4. The van der Waals surface area contributed by atoms with Gasteiger partial charge in [0.1, 0.15) is 5.69 Å². The predicted octanol–water partition coefficient (Wildman–Crippen LogP) is 2.08. The van der Waals surface area contributed by atoms with E-state index in [1.807, 2.05) is 30.3 Å². The van der Waals surface area contributed by atoms with Crippen LogP contribution in [-0.2, 0) is 0 Å². The molecule has 84 valence electrons. The topological polar surface area (TPSA) is 74.4 Å². The fourth-order valence-corrected chi connectivity index (χ4v) is 2.16. The molecule has 0 aliphatic carbocycles. The molecule has 1 aromatic carbocycles. The van der Waals surface area contributed by atoms with Crippen molar-refractivity contribution in [2.45, 2.75) is 0 Å². The molecule has 0 saturated heterocycles. The normalized spacial score (nSPS) is 10.9. The maximum absolute atomic E-state index is 11.0. The Morgan fingerprint density at radius 1 is 1.24 bits per heavy atom. The Labute approximate surface area is 104 Å². The lowest BCUT2D eigenvalue weighted by Gasteiger charge is -2.02. The zero-order chi connectivity index (χ0) is 11.8. The summed E-state index contributed by atoms with van der Waals surface area (Å²) in [4.78, 5) is 18.1. The van der Waals surface area contributed by atoms with Gasteiger partial charge >= 0.3 is 5.69 Å². The van der Waals surface area contributed by atoms with E-state index >= 15 is 0 Å². The SMILES string of the molecule is O=c1[nH]nc(-c2nc3ccccc3cc2Br)[nH]1. The highest BCUT2D eigenvalue weighted by Crippen LogP contribution is 2.26. The van der Waals surface area contributed by atoms with E-state index in [9.17, 15) is 4.79 Å². The van der Waals surface area contributed by atoms with Crippen molar-refractivity contribution < 1.29 is 0 Å². The van der Waals surface area contributed by atoms with Gasteiger partial charge in [-0.15, -0.1) is 0 Å². The zero-order valence-corrected chi connectivity index (χ0v) is 10.2. The van der Waals surface area contributed by atoms with Crippen LogP contribution in [0.2, 0.25) is 0 Å². The fourth-order valence-electron chi connectivity index (χ4n) is 1.64. The van der Waals surface area contributed by atoms with E-state index < -0.39 is 0 Å². The van der Waals surface area contributed by atoms with Crippen LogP contribution in [0.4, 0.5) is 0 Å². The van der Waals surface area contributed by atoms with Gasteiger partial charge in [-0.25, -0.2) is 14.9 Å². The summed E-state index contributed by atoms with van der Waals surface area (Å²) in [7, 11) is 0. The summed E-state index contributed by atoms with van der Waals surface area (Å²) in [5.41, 5.74) is 1.12. The molecule has 5 nitrogen and oxygen atoms in total. The van der Waals surface area contributed by atoms with Crippen molar-refractivity contribution in [1.29, 1.82) is 0 Å². The summed E-state index contributed by atoms with van der Waals surface area (Å²) < 4.78 is 0.791. The standard InChI is InChI=1S/C11H7BrN4O/c12-7-5-6-3-1-2-4-8(6)13-9(7)10-14-11(17)16-15-10/h1-5H,(H2,14,15,16,17). The van der Waals surface area contributed by atoms with Gasteiger partial charge in [-0.2, -0.15) is 5.10 Å². The molecule has 6 heteroatoms. The van der Waals surface area contributed by atoms with Crippen LogP contribution in [0.15, 0.2) is 39.6 Å². The average Bonchev–Trinajstić information content (AvgIpc) is 2.75. The van der Waals surface area contributed by atoms with Crippen LogP contribution in [-0.4, -0.2) is 20.2 Å². The molecule has 0 fully saturated rings. The van der Waals surface area contributed by atoms with Gasteiger partial charge < -0.3 is 0 Å². The van der Waals surface area contributed by atoms with Crippen molar-refractivity contribution in [3.8, 4) is 11.5 Å². The highest BCUT2D eigenvalue weighted by Gasteiger charge is 2.10. The van der Waals surface area contributed by atoms with E-state index in [-0.39, 0.29) is 5.69 Å².